The van der Waals surface area contributed by atoms with E-state index in [-0.39, 0.29) is 11.8 Å². The van der Waals surface area contributed by atoms with Crippen LogP contribution in [-0.4, -0.2) is 61.7 Å². The molecule has 2 aromatic rings. The van der Waals surface area contributed by atoms with E-state index in [1.54, 1.807) is 11.3 Å². The molecular formula is C23H34N4O2S. The number of rotatable bonds is 7. The molecule has 2 fully saturated rings. The maximum atomic E-state index is 12.8. The Balaban J connectivity index is 1.31. The van der Waals surface area contributed by atoms with Gasteiger partial charge in [0.2, 0.25) is 5.91 Å². The molecular weight excluding hydrogens is 396 g/mol. The highest BCUT2D eigenvalue weighted by atomic mass is 32.1. The molecule has 0 aliphatic carbocycles. The topological polar surface area (TPSA) is 57.7 Å². The molecule has 3 heterocycles. The Hall–Kier alpha value is -1.86. The van der Waals surface area contributed by atoms with Crippen LogP contribution in [0.2, 0.25) is 0 Å². The van der Waals surface area contributed by atoms with Crippen molar-refractivity contribution in [3.05, 3.63) is 18.2 Å². The number of amides is 1. The number of anilines is 1. The first-order valence-electron chi connectivity index (χ1n) is 11.5. The van der Waals surface area contributed by atoms with Gasteiger partial charge in [0.05, 0.1) is 22.7 Å². The van der Waals surface area contributed by atoms with E-state index in [0.717, 1.165) is 60.1 Å². The number of ether oxygens (including phenoxy) is 1. The molecule has 2 saturated heterocycles. The van der Waals surface area contributed by atoms with Crippen LogP contribution in [0.15, 0.2) is 18.2 Å². The van der Waals surface area contributed by atoms with Gasteiger partial charge in [0.15, 0.2) is 5.13 Å². The van der Waals surface area contributed by atoms with Gasteiger partial charge in [-0.05, 0) is 63.9 Å². The Bertz CT molecular complexity index is 832. The van der Waals surface area contributed by atoms with E-state index in [9.17, 15) is 4.79 Å². The fourth-order valence-electron chi connectivity index (χ4n) is 4.49. The van der Waals surface area contributed by atoms with Crippen molar-refractivity contribution in [1.82, 2.24) is 15.2 Å². The number of piperidine rings is 1. The molecule has 1 amide bonds. The number of hydrogen-bond donors (Lipinski definition) is 1. The Morgan fingerprint density at radius 2 is 2.03 bits per heavy atom. The van der Waals surface area contributed by atoms with Crippen LogP contribution < -0.4 is 15.0 Å². The average Bonchev–Trinajstić information content (AvgIpc) is 3.02. The predicted octanol–water partition coefficient (Wildman–Crippen LogP) is 3.90. The number of carbonyl (C=O) groups is 1. The summed E-state index contributed by atoms with van der Waals surface area (Å²) in [5.41, 5.74) is 1.00. The van der Waals surface area contributed by atoms with Crippen molar-refractivity contribution in [2.24, 2.45) is 5.92 Å². The summed E-state index contributed by atoms with van der Waals surface area (Å²) in [4.78, 5) is 22.4. The maximum Gasteiger partial charge on any atom is 0.224 e. The number of carbonyl (C=O) groups excluding carboxylic acids is 1. The zero-order valence-electron chi connectivity index (χ0n) is 18.1. The Morgan fingerprint density at radius 1 is 1.20 bits per heavy atom. The molecule has 2 aliphatic heterocycles. The average molecular weight is 431 g/mol. The quantitative estimate of drug-likeness (QED) is 0.722. The van der Waals surface area contributed by atoms with E-state index >= 15 is 0 Å². The van der Waals surface area contributed by atoms with Gasteiger partial charge in [-0.2, -0.15) is 0 Å². The summed E-state index contributed by atoms with van der Waals surface area (Å²) in [6.45, 7) is 8.47. The molecule has 6 nitrogen and oxygen atoms in total. The van der Waals surface area contributed by atoms with E-state index < -0.39 is 0 Å². The van der Waals surface area contributed by atoms with Crippen molar-refractivity contribution >= 4 is 32.6 Å². The summed E-state index contributed by atoms with van der Waals surface area (Å²) in [5.74, 6) is 1.14. The monoisotopic (exact) mass is 430 g/mol. The molecule has 164 valence electrons. The maximum absolute atomic E-state index is 12.8. The van der Waals surface area contributed by atoms with Crippen LogP contribution in [-0.2, 0) is 4.79 Å². The van der Waals surface area contributed by atoms with Crippen molar-refractivity contribution in [2.45, 2.75) is 45.4 Å². The lowest BCUT2D eigenvalue weighted by Crippen LogP contribution is -2.44. The second-order valence-corrected chi connectivity index (χ2v) is 9.40. The van der Waals surface area contributed by atoms with Gasteiger partial charge in [-0.3, -0.25) is 4.79 Å². The summed E-state index contributed by atoms with van der Waals surface area (Å²) in [5, 5.41) is 4.21. The molecule has 1 unspecified atom stereocenters. The normalized spacial score (nSPS) is 20.8. The van der Waals surface area contributed by atoms with Crippen molar-refractivity contribution in [3.8, 4) is 5.75 Å². The molecule has 0 radical (unpaired) electrons. The molecule has 0 bridgehead atoms. The highest BCUT2D eigenvalue weighted by Crippen LogP contribution is 2.33. The molecule has 0 spiro atoms. The third-order valence-electron chi connectivity index (χ3n) is 6.15. The van der Waals surface area contributed by atoms with E-state index in [1.807, 2.05) is 19.1 Å². The first kappa shape index (κ1) is 21.4. The molecule has 30 heavy (non-hydrogen) atoms. The molecule has 7 heteroatoms. The lowest BCUT2D eigenvalue weighted by Gasteiger charge is -2.32. The van der Waals surface area contributed by atoms with Gasteiger partial charge in [-0.1, -0.05) is 24.2 Å². The van der Waals surface area contributed by atoms with Crippen molar-refractivity contribution in [1.29, 1.82) is 0 Å². The highest BCUT2D eigenvalue weighted by molar-refractivity contribution is 7.22. The summed E-state index contributed by atoms with van der Waals surface area (Å²) in [6.07, 6.45) is 7.27. The summed E-state index contributed by atoms with van der Waals surface area (Å²) in [6, 6.07) is 6.07. The van der Waals surface area contributed by atoms with Crippen LogP contribution in [0, 0.1) is 5.92 Å². The SMILES string of the molecule is CCOc1ccc2nc(N3CCCC(C(=O)NCCN4CCCCCC4)C3)sc2c1. The van der Waals surface area contributed by atoms with E-state index in [0.29, 0.717) is 6.61 Å². The van der Waals surface area contributed by atoms with Crippen LogP contribution in [0.1, 0.15) is 45.4 Å². The molecule has 4 rings (SSSR count). The number of likely N-dealkylation sites (tertiary alicyclic amines) is 1. The number of nitrogens with one attached hydrogen (secondary N) is 1. The van der Waals surface area contributed by atoms with Gasteiger partial charge in [-0.15, -0.1) is 0 Å². The Labute approximate surface area is 183 Å². The fourth-order valence-corrected chi connectivity index (χ4v) is 5.52. The molecule has 1 aromatic heterocycles. The van der Waals surface area contributed by atoms with E-state index in [1.165, 1.54) is 38.8 Å². The zero-order chi connectivity index (χ0) is 20.8. The van der Waals surface area contributed by atoms with Gasteiger partial charge in [0, 0.05) is 26.2 Å². The van der Waals surface area contributed by atoms with Crippen molar-refractivity contribution in [3.63, 3.8) is 0 Å². The number of nitrogens with zero attached hydrogens (tertiary/aromatic N) is 3. The Morgan fingerprint density at radius 3 is 2.83 bits per heavy atom. The smallest absolute Gasteiger partial charge is 0.224 e. The number of fused-ring (bicyclic) bond motifs is 1. The first-order valence-corrected chi connectivity index (χ1v) is 12.3. The van der Waals surface area contributed by atoms with Gasteiger partial charge >= 0.3 is 0 Å². The van der Waals surface area contributed by atoms with Gasteiger partial charge in [0.25, 0.3) is 0 Å². The number of thiazole rings is 1. The summed E-state index contributed by atoms with van der Waals surface area (Å²) >= 11 is 1.69. The minimum absolute atomic E-state index is 0.0499. The molecule has 2 aliphatic rings. The standard InChI is InChI=1S/C23H34N4O2S/c1-2-29-19-9-10-20-21(16-19)30-23(25-20)27-14-7-8-18(17-27)22(28)24-11-15-26-12-5-3-4-6-13-26/h9-10,16,18H,2-8,11-15,17H2,1H3,(H,24,28). The summed E-state index contributed by atoms with van der Waals surface area (Å²) < 4.78 is 6.75. The number of aromatic nitrogens is 1. The van der Waals surface area contributed by atoms with Gasteiger partial charge < -0.3 is 19.9 Å². The third kappa shape index (κ3) is 5.43. The van der Waals surface area contributed by atoms with Crippen LogP contribution in [0.25, 0.3) is 10.2 Å². The highest BCUT2D eigenvalue weighted by Gasteiger charge is 2.27. The van der Waals surface area contributed by atoms with Crippen LogP contribution >= 0.6 is 11.3 Å². The molecule has 1 aromatic carbocycles. The first-order chi connectivity index (χ1) is 14.7. The second-order valence-electron chi connectivity index (χ2n) is 8.39. The molecule has 0 saturated carbocycles. The lowest BCUT2D eigenvalue weighted by atomic mass is 9.97. The number of benzene rings is 1. The van der Waals surface area contributed by atoms with Gasteiger partial charge in [-0.25, -0.2) is 4.98 Å². The fraction of sp³-hybridized carbons (Fsp3) is 0.652. The minimum atomic E-state index is 0.0499. The third-order valence-corrected chi connectivity index (χ3v) is 7.23. The van der Waals surface area contributed by atoms with Crippen molar-refractivity contribution < 1.29 is 9.53 Å². The zero-order valence-corrected chi connectivity index (χ0v) is 18.9. The van der Waals surface area contributed by atoms with Crippen LogP contribution in [0.3, 0.4) is 0 Å². The predicted molar refractivity (Wildman–Crippen MR) is 124 cm³/mol. The van der Waals surface area contributed by atoms with Crippen LogP contribution in [0.4, 0.5) is 5.13 Å². The Kier molecular flexibility index (Phi) is 7.44. The molecule has 1 N–H and O–H groups in total. The number of hydrogen-bond acceptors (Lipinski definition) is 6. The molecule has 1 atom stereocenters. The minimum Gasteiger partial charge on any atom is -0.494 e. The van der Waals surface area contributed by atoms with Crippen LogP contribution in [0.5, 0.6) is 5.75 Å². The summed E-state index contributed by atoms with van der Waals surface area (Å²) in [7, 11) is 0. The largest absolute Gasteiger partial charge is 0.494 e. The van der Waals surface area contributed by atoms with E-state index in [4.69, 9.17) is 9.72 Å². The lowest BCUT2D eigenvalue weighted by molar-refractivity contribution is -0.125. The van der Waals surface area contributed by atoms with Gasteiger partial charge in [0.1, 0.15) is 5.75 Å². The second kappa shape index (κ2) is 10.4. The van der Waals surface area contributed by atoms with Crippen molar-refractivity contribution in [2.75, 3.05) is 50.8 Å². The van der Waals surface area contributed by atoms with E-state index in [2.05, 4.69) is 21.2 Å².